The Labute approximate surface area is 164 Å². The SMILES string of the molecule is O=C(Cn1nc(C2CC2)ccc1=O)NCCn1nc(-c2cccs2)ccc1=O. The van der Waals surface area contributed by atoms with Gasteiger partial charge in [0.25, 0.3) is 11.1 Å². The maximum absolute atomic E-state index is 12.2. The first-order valence-electron chi connectivity index (χ1n) is 9.07. The van der Waals surface area contributed by atoms with Gasteiger partial charge < -0.3 is 5.32 Å². The zero-order valence-electron chi connectivity index (χ0n) is 15.1. The molecule has 0 atom stereocenters. The van der Waals surface area contributed by atoms with E-state index < -0.39 is 0 Å². The lowest BCUT2D eigenvalue weighted by Crippen LogP contribution is -2.36. The Morgan fingerprint density at radius 2 is 1.86 bits per heavy atom. The normalized spacial score (nSPS) is 13.4. The first kappa shape index (κ1) is 18.3. The molecule has 28 heavy (non-hydrogen) atoms. The summed E-state index contributed by atoms with van der Waals surface area (Å²) in [5.41, 5.74) is 1.03. The van der Waals surface area contributed by atoms with Gasteiger partial charge >= 0.3 is 0 Å². The number of carbonyl (C=O) groups is 1. The predicted octanol–water partition coefficient (Wildman–Crippen LogP) is 1.22. The molecule has 9 heteroatoms. The summed E-state index contributed by atoms with van der Waals surface area (Å²) in [5, 5.41) is 13.3. The van der Waals surface area contributed by atoms with Gasteiger partial charge in [0.15, 0.2) is 0 Å². The molecular weight excluding hydrogens is 378 g/mol. The first-order chi connectivity index (χ1) is 13.6. The highest BCUT2D eigenvalue weighted by Gasteiger charge is 2.25. The van der Waals surface area contributed by atoms with Crippen molar-refractivity contribution in [2.45, 2.75) is 31.8 Å². The zero-order chi connectivity index (χ0) is 19.5. The minimum absolute atomic E-state index is 0.142. The van der Waals surface area contributed by atoms with Gasteiger partial charge in [0.1, 0.15) is 12.2 Å². The molecule has 0 spiro atoms. The average Bonchev–Trinajstić information content (AvgIpc) is 3.39. The molecule has 0 aromatic carbocycles. The molecule has 3 aromatic heterocycles. The van der Waals surface area contributed by atoms with Gasteiger partial charge in [0.2, 0.25) is 5.91 Å². The molecule has 1 amide bonds. The molecule has 1 N–H and O–H groups in total. The second-order valence-corrected chi connectivity index (χ2v) is 7.58. The van der Waals surface area contributed by atoms with Gasteiger partial charge in [-0.2, -0.15) is 10.2 Å². The molecule has 1 aliphatic rings. The summed E-state index contributed by atoms with van der Waals surface area (Å²) in [6, 6.07) is 10.2. The third kappa shape index (κ3) is 4.25. The van der Waals surface area contributed by atoms with Gasteiger partial charge in [0.05, 0.1) is 17.1 Å². The number of nitrogens with one attached hydrogen (secondary N) is 1. The highest BCUT2D eigenvalue weighted by Crippen LogP contribution is 2.38. The van der Waals surface area contributed by atoms with Crippen LogP contribution in [0, 0.1) is 0 Å². The fourth-order valence-electron chi connectivity index (χ4n) is 2.83. The van der Waals surface area contributed by atoms with E-state index in [0.29, 0.717) is 11.6 Å². The van der Waals surface area contributed by atoms with Crippen LogP contribution in [-0.4, -0.2) is 32.0 Å². The van der Waals surface area contributed by atoms with Crippen molar-refractivity contribution in [3.05, 3.63) is 68.2 Å². The molecule has 3 heterocycles. The van der Waals surface area contributed by atoms with Crippen molar-refractivity contribution in [2.24, 2.45) is 0 Å². The van der Waals surface area contributed by atoms with Crippen molar-refractivity contribution in [2.75, 3.05) is 6.54 Å². The van der Waals surface area contributed by atoms with E-state index in [0.717, 1.165) is 23.4 Å². The Morgan fingerprint density at radius 3 is 2.61 bits per heavy atom. The molecule has 1 fully saturated rings. The Hall–Kier alpha value is -3.07. The Balaban J connectivity index is 1.36. The van der Waals surface area contributed by atoms with E-state index in [-0.39, 0.29) is 36.7 Å². The molecule has 3 aromatic rings. The Kier molecular flexibility index (Phi) is 5.16. The Bertz CT molecular complexity index is 1100. The van der Waals surface area contributed by atoms with Gasteiger partial charge in [-0.25, -0.2) is 9.36 Å². The van der Waals surface area contributed by atoms with Crippen molar-refractivity contribution in [3.63, 3.8) is 0 Å². The molecule has 0 unspecified atom stereocenters. The van der Waals surface area contributed by atoms with Gasteiger partial charge in [-0.15, -0.1) is 11.3 Å². The fourth-order valence-corrected chi connectivity index (χ4v) is 3.52. The monoisotopic (exact) mass is 397 g/mol. The van der Waals surface area contributed by atoms with Gasteiger partial charge in [0, 0.05) is 24.6 Å². The van der Waals surface area contributed by atoms with Crippen molar-refractivity contribution in [1.29, 1.82) is 0 Å². The maximum atomic E-state index is 12.2. The highest BCUT2D eigenvalue weighted by molar-refractivity contribution is 7.13. The summed E-state index contributed by atoms with van der Waals surface area (Å²) in [4.78, 5) is 37.0. The highest BCUT2D eigenvalue weighted by atomic mass is 32.1. The topological polar surface area (TPSA) is 98.9 Å². The van der Waals surface area contributed by atoms with E-state index >= 15 is 0 Å². The minimum Gasteiger partial charge on any atom is -0.353 e. The van der Waals surface area contributed by atoms with E-state index in [2.05, 4.69) is 15.5 Å². The predicted molar refractivity (Wildman–Crippen MR) is 105 cm³/mol. The molecular formula is C19H19N5O3S. The number of hydrogen-bond acceptors (Lipinski definition) is 6. The lowest BCUT2D eigenvalue weighted by atomic mass is 10.3. The van der Waals surface area contributed by atoms with Crippen molar-refractivity contribution in [3.8, 4) is 10.6 Å². The fraction of sp³-hybridized carbons (Fsp3) is 0.316. The van der Waals surface area contributed by atoms with E-state index in [9.17, 15) is 14.4 Å². The van der Waals surface area contributed by atoms with Crippen LogP contribution in [0.3, 0.4) is 0 Å². The summed E-state index contributed by atoms with van der Waals surface area (Å²) in [6.07, 6.45) is 2.15. The largest absolute Gasteiger partial charge is 0.353 e. The average molecular weight is 397 g/mol. The summed E-state index contributed by atoms with van der Waals surface area (Å²) >= 11 is 1.54. The quantitative estimate of drug-likeness (QED) is 0.646. The molecule has 0 bridgehead atoms. The maximum Gasteiger partial charge on any atom is 0.267 e. The van der Waals surface area contributed by atoms with E-state index in [1.54, 1.807) is 23.5 Å². The number of aromatic nitrogens is 4. The molecule has 8 nitrogen and oxygen atoms in total. The second-order valence-electron chi connectivity index (χ2n) is 6.64. The summed E-state index contributed by atoms with van der Waals surface area (Å²) < 4.78 is 2.51. The standard InChI is InChI=1S/C19H19N5O3S/c25-17(12-24-19(27)7-5-14(21-24)13-3-4-13)20-9-10-23-18(26)8-6-15(22-23)16-2-1-11-28-16/h1-2,5-8,11,13H,3-4,9-10,12H2,(H,20,25). The van der Waals surface area contributed by atoms with Crippen LogP contribution >= 0.6 is 11.3 Å². The van der Waals surface area contributed by atoms with Crippen LogP contribution in [0.2, 0.25) is 0 Å². The number of amides is 1. The van der Waals surface area contributed by atoms with Crippen LogP contribution in [0.1, 0.15) is 24.5 Å². The summed E-state index contributed by atoms with van der Waals surface area (Å²) in [6.45, 7) is 0.335. The van der Waals surface area contributed by atoms with Gasteiger partial charge in [-0.05, 0) is 36.4 Å². The van der Waals surface area contributed by atoms with Crippen LogP contribution in [0.5, 0.6) is 0 Å². The van der Waals surface area contributed by atoms with Crippen molar-refractivity contribution >= 4 is 17.2 Å². The summed E-state index contributed by atoms with van der Waals surface area (Å²) in [5.74, 6) is 0.0773. The van der Waals surface area contributed by atoms with Crippen LogP contribution in [0.4, 0.5) is 0 Å². The van der Waals surface area contributed by atoms with E-state index in [4.69, 9.17) is 0 Å². The summed E-state index contributed by atoms with van der Waals surface area (Å²) in [7, 11) is 0. The van der Waals surface area contributed by atoms with Crippen molar-refractivity contribution in [1.82, 2.24) is 24.9 Å². The Morgan fingerprint density at radius 1 is 1.07 bits per heavy atom. The number of rotatable bonds is 7. The van der Waals surface area contributed by atoms with E-state index in [1.165, 1.54) is 21.5 Å². The number of hydrogen-bond donors (Lipinski definition) is 1. The molecule has 0 radical (unpaired) electrons. The zero-order valence-corrected chi connectivity index (χ0v) is 15.9. The van der Waals surface area contributed by atoms with Crippen LogP contribution < -0.4 is 16.4 Å². The lowest BCUT2D eigenvalue weighted by Gasteiger charge is -2.09. The molecule has 4 rings (SSSR count). The molecule has 0 saturated heterocycles. The third-order valence-corrected chi connectivity index (χ3v) is 5.35. The minimum atomic E-state index is -0.329. The number of carbonyl (C=O) groups excluding carboxylic acids is 1. The second kappa shape index (κ2) is 7.89. The van der Waals surface area contributed by atoms with Crippen molar-refractivity contribution < 1.29 is 4.79 Å². The first-order valence-corrected chi connectivity index (χ1v) is 9.95. The molecule has 0 aliphatic heterocycles. The lowest BCUT2D eigenvalue weighted by molar-refractivity contribution is -0.121. The van der Waals surface area contributed by atoms with E-state index in [1.807, 2.05) is 17.5 Å². The molecule has 1 saturated carbocycles. The van der Waals surface area contributed by atoms with Crippen LogP contribution in [0.25, 0.3) is 10.6 Å². The van der Waals surface area contributed by atoms with Gasteiger partial charge in [-0.1, -0.05) is 6.07 Å². The smallest absolute Gasteiger partial charge is 0.267 e. The third-order valence-electron chi connectivity index (χ3n) is 4.46. The number of nitrogens with zero attached hydrogens (tertiary/aromatic N) is 4. The molecule has 144 valence electrons. The van der Waals surface area contributed by atoms with Crippen LogP contribution in [0.15, 0.2) is 51.4 Å². The number of thiophene rings is 1. The van der Waals surface area contributed by atoms with Crippen LogP contribution in [-0.2, 0) is 17.9 Å². The van der Waals surface area contributed by atoms with Gasteiger partial charge in [-0.3, -0.25) is 14.4 Å². The molecule has 1 aliphatic carbocycles.